The van der Waals surface area contributed by atoms with Crippen LogP contribution in [-0.2, 0) is 9.53 Å². The fraction of sp³-hybridized carbons (Fsp3) is 0.385. The lowest BCUT2D eigenvalue weighted by atomic mass is 10.0. The fourth-order valence-corrected chi connectivity index (χ4v) is 3.75. The van der Waals surface area contributed by atoms with E-state index >= 15 is 0 Å². The predicted molar refractivity (Wildman–Crippen MR) is 129 cm³/mol. The van der Waals surface area contributed by atoms with Crippen LogP contribution in [0.5, 0.6) is 5.75 Å². The third-order valence-corrected chi connectivity index (χ3v) is 5.56. The van der Waals surface area contributed by atoms with Crippen LogP contribution in [0.25, 0.3) is 5.82 Å². The molecule has 2 aromatic heterocycles. The maximum Gasteiger partial charge on any atom is 0.329 e. The molecule has 0 radical (unpaired) electrons. The second kappa shape index (κ2) is 11.0. The number of benzene rings is 1. The number of amides is 1. The lowest BCUT2D eigenvalue weighted by Gasteiger charge is -2.21. The van der Waals surface area contributed by atoms with Gasteiger partial charge in [-0.2, -0.15) is 0 Å². The largest absolute Gasteiger partial charge is 0.494 e. The molecule has 0 saturated carbocycles. The Kier molecular flexibility index (Phi) is 8.11. The van der Waals surface area contributed by atoms with Crippen LogP contribution in [0.2, 0.25) is 0 Å². The van der Waals surface area contributed by atoms with E-state index in [1.165, 1.54) is 0 Å². The van der Waals surface area contributed by atoms with Crippen molar-refractivity contribution in [3.63, 3.8) is 0 Å². The Balaban J connectivity index is 1.65. The molecule has 1 unspecified atom stereocenters. The van der Waals surface area contributed by atoms with E-state index in [9.17, 15) is 14.4 Å². The van der Waals surface area contributed by atoms with E-state index in [0.717, 1.165) is 5.69 Å². The number of nitrogens with one attached hydrogen (secondary N) is 1. The summed E-state index contributed by atoms with van der Waals surface area (Å²) in [7, 11) is 0. The lowest BCUT2D eigenvalue weighted by molar-refractivity contribution is -0.145. The predicted octanol–water partition coefficient (Wildman–Crippen LogP) is 3.97. The summed E-state index contributed by atoms with van der Waals surface area (Å²) >= 11 is 0. The zero-order chi connectivity index (χ0) is 25.7. The Morgan fingerprint density at radius 2 is 1.77 bits per heavy atom. The first-order valence-electron chi connectivity index (χ1n) is 11.5. The maximum absolute atomic E-state index is 12.9. The summed E-state index contributed by atoms with van der Waals surface area (Å²) < 4.78 is 17.6. The molecule has 0 fully saturated rings. The molecule has 9 heteroatoms. The molecule has 3 aromatic rings. The number of aromatic nitrogens is 2. The third-order valence-electron chi connectivity index (χ3n) is 5.56. The Labute approximate surface area is 204 Å². The van der Waals surface area contributed by atoms with Crippen LogP contribution in [0.1, 0.15) is 58.6 Å². The molecule has 0 aliphatic carbocycles. The van der Waals surface area contributed by atoms with E-state index in [2.05, 4.69) is 10.5 Å². The van der Waals surface area contributed by atoms with E-state index in [1.807, 2.05) is 13.8 Å². The number of esters is 1. The molecule has 2 heterocycles. The van der Waals surface area contributed by atoms with Gasteiger partial charge in [-0.1, -0.05) is 19.0 Å². The minimum absolute atomic E-state index is 0.246. The standard InChI is InChI=1S/C26H31N3O6/c1-7-33-20-10-8-19(9-11-20)25(31)27-24(15(2)3)26(32)34-14-22(30)21-12-16(4)29(18(21)6)23-13-17(5)35-28-23/h8-13,15,24H,7,14H2,1-6H3,(H,27,31). The number of rotatable bonds is 10. The lowest BCUT2D eigenvalue weighted by Crippen LogP contribution is -2.45. The Hall–Kier alpha value is -3.88. The number of aryl methyl sites for hydroxylation is 2. The highest BCUT2D eigenvalue weighted by Gasteiger charge is 2.28. The van der Waals surface area contributed by atoms with E-state index in [4.69, 9.17) is 14.0 Å². The summed E-state index contributed by atoms with van der Waals surface area (Å²) in [6.07, 6.45) is 0. The van der Waals surface area contributed by atoms with Crippen molar-refractivity contribution < 1.29 is 28.4 Å². The number of hydrogen-bond acceptors (Lipinski definition) is 7. The number of carbonyl (C=O) groups is 3. The molecule has 186 valence electrons. The van der Waals surface area contributed by atoms with Gasteiger partial charge in [0.1, 0.15) is 17.6 Å². The molecule has 1 atom stereocenters. The summed E-state index contributed by atoms with van der Waals surface area (Å²) in [6.45, 7) is 11.0. The van der Waals surface area contributed by atoms with Crippen LogP contribution in [0.3, 0.4) is 0 Å². The number of ketones is 1. The first-order chi connectivity index (χ1) is 16.6. The summed E-state index contributed by atoms with van der Waals surface area (Å²) in [5.74, 6) is 0.199. The van der Waals surface area contributed by atoms with Gasteiger partial charge < -0.3 is 19.3 Å². The minimum Gasteiger partial charge on any atom is -0.494 e. The Morgan fingerprint density at radius 1 is 1.09 bits per heavy atom. The summed E-state index contributed by atoms with van der Waals surface area (Å²) in [5, 5.41) is 6.72. The van der Waals surface area contributed by atoms with Crippen LogP contribution in [0.15, 0.2) is 40.9 Å². The number of hydrogen-bond donors (Lipinski definition) is 1. The Morgan fingerprint density at radius 3 is 2.34 bits per heavy atom. The van der Waals surface area contributed by atoms with Gasteiger partial charge >= 0.3 is 5.97 Å². The SMILES string of the molecule is CCOc1ccc(C(=O)NC(C(=O)OCC(=O)c2cc(C)n(-c3cc(C)on3)c2C)C(C)C)cc1. The van der Waals surface area contributed by atoms with Crippen molar-refractivity contribution in [1.29, 1.82) is 0 Å². The average molecular weight is 482 g/mol. The molecular weight excluding hydrogens is 450 g/mol. The molecule has 1 aromatic carbocycles. The Bertz CT molecular complexity index is 1210. The zero-order valence-corrected chi connectivity index (χ0v) is 20.9. The number of Topliss-reactive ketones (excluding diaryl/α,β-unsaturated/α-hetero) is 1. The van der Waals surface area contributed by atoms with E-state index in [-0.39, 0.29) is 11.7 Å². The second-order valence-corrected chi connectivity index (χ2v) is 8.60. The van der Waals surface area contributed by atoms with Crippen molar-refractivity contribution in [3.8, 4) is 11.6 Å². The van der Waals surface area contributed by atoms with E-state index in [1.54, 1.807) is 68.7 Å². The van der Waals surface area contributed by atoms with Gasteiger partial charge in [-0.25, -0.2) is 4.79 Å². The topological polar surface area (TPSA) is 113 Å². The van der Waals surface area contributed by atoms with Gasteiger partial charge in [0.05, 0.1) is 6.61 Å². The van der Waals surface area contributed by atoms with Crippen molar-refractivity contribution >= 4 is 17.7 Å². The normalized spacial score (nSPS) is 11.9. The highest BCUT2D eigenvalue weighted by atomic mass is 16.5. The third kappa shape index (κ3) is 5.98. The van der Waals surface area contributed by atoms with E-state index in [0.29, 0.717) is 40.8 Å². The minimum atomic E-state index is -0.910. The summed E-state index contributed by atoms with van der Waals surface area (Å²) in [5.41, 5.74) is 2.28. The quantitative estimate of drug-likeness (QED) is 0.344. The van der Waals surface area contributed by atoms with Gasteiger partial charge in [0.15, 0.2) is 12.4 Å². The van der Waals surface area contributed by atoms with Crippen LogP contribution in [0.4, 0.5) is 0 Å². The molecule has 0 aliphatic rings. The van der Waals surface area contributed by atoms with Crippen molar-refractivity contribution in [2.24, 2.45) is 5.92 Å². The van der Waals surface area contributed by atoms with Crippen LogP contribution in [0, 0.1) is 26.7 Å². The molecule has 1 N–H and O–H groups in total. The van der Waals surface area contributed by atoms with Crippen molar-refractivity contribution in [2.45, 2.75) is 47.6 Å². The highest BCUT2D eigenvalue weighted by molar-refractivity contribution is 6.00. The van der Waals surface area contributed by atoms with Crippen molar-refractivity contribution in [3.05, 3.63) is 64.7 Å². The van der Waals surface area contributed by atoms with Crippen molar-refractivity contribution in [1.82, 2.24) is 15.0 Å². The van der Waals surface area contributed by atoms with E-state index < -0.39 is 24.5 Å². The van der Waals surface area contributed by atoms with Crippen molar-refractivity contribution in [2.75, 3.05) is 13.2 Å². The molecule has 35 heavy (non-hydrogen) atoms. The molecule has 9 nitrogen and oxygen atoms in total. The average Bonchev–Trinajstić information content (AvgIpc) is 3.37. The molecular formula is C26H31N3O6. The van der Waals surface area contributed by atoms with Crippen LogP contribution in [-0.4, -0.2) is 46.6 Å². The molecule has 0 spiro atoms. The van der Waals surface area contributed by atoms with Gasteiger partial charge in [0.2, 0.25) is 5.78 Å². The van der Waals surface area contributed by atoms with Crippen LogP contribution < -0.4 is 10.1 Å². The number of nitrogens with zero attached hydrogens (tertiary/aromatic N) is 2. The maximum atomic E-state index is 12.9. The van der Waals surface area contributed by atoms with Crippen LogP contribution >= 0.6 is 0 Å². The molecule has 0 saturated heterocycles. The zero-order valence-electron chi connectivity index (χ0n) is 20.9. The fourth-order valence-electron chi connectivity index (χ4n) is 3.75. The monoisotopic (exact) mass is 481 g/mol. The first kappa shape index (κ1) is 25.7. The highest BCUT2D eigenvalue weighted by Crippen LogP contribution is 2.21. The second-order valence-electron chi connectivity index (χ2n) is 8.60. The number of carbonyl (C=O) groups excluding carboxylic acids is 3. The van der Waals surface area contributed by atoms with Gasteiger partial charge in [0.25, 0.3) is 5.91 Å². The van der Waals surface area contributed by atoms with Gasteiger partial charge in [-0.15, -0.1) is 0 Å². The van der Waals surface area contributed by atoms with Gasteiger partial charge in [0, 0.05) is 28.6 Å². The first-order valence-corrected chi connectivity index (χ1v) is 11.5. The molecule has 3 rings (SSSR count). The molecule has 0 bridgehead atoms. The van der Waals surface area contributed by atoms with Gasteiger partial charge in [-0.3, -0.25) is 14.2 Å². The smallest absolute Gasteiger partial charge is 0.329 e. The molecule has 1 amide bonds. The molecule has 0 aliphatic heterocycles. The number of ether oxygens (including phenoxy) is 2. The summed E-state index contributed by atoms with van der Waals surface area (Å²) in [4.78, 5) is 38.3. The van der Waals surface area contributed by atoms with Gasteiger partial charge in [-0.05, 0) is 63.9 Å². The summed E-state index contributed by atoms with van der Waals surface area (Å²) in [6, 6.07) is 9.22.